The predicted molar refractivity (Wildman–Crippen MR) is 106 cm³/mol. The van der Waals surface area contributed by atoms with Crippen LogP contribution in [0.2, 0.25) is 0 Å². The Balaban J connectivity index is 1.31. The zero-order valence-corrected chi connectivity index (χ0v) is 15.9. The summed E-state index contributed by atoms with van der Waals surface area (Å²) in [6, 6.07) is 10.2. The number of piperidine rings is 1. The zero-order valence-electron chi connectivity index (χ0n) is 15.9. The molecule has 2 aromatic rings. The molecule has 1 aromatic heterocycles. The van der Waals surface area contributed by atoms with E-state index in [0.29, 0.717) is 18.0 Å². The highest BCUT2D eigenvalue weighted by atomic mass is 19.1. The van der Waals surface area contributed by atoms with Crippen molar-refractivity contribution in [3.8, 4) is 0 Å². The Morgan fingerprint density at radius 2 is 1.93 bits per heavy atom. The van der Waals surface area contributed by atoms with Gasteiger partial charge in [0.05, 0.1) is 13.2 Å². The molecule has 0 unspecified atom stereocenters. The number of hydrogen-bond donors (Lipinski definition) is 1. The second-order valence-electron chi connectivity index (χ2n) is 7.82. The van der Waals surface area contributed by atoms with Crippen LogP contribution < -0.4 is 10.2 Å². The molecule has 27 heavy (non-hydrogen) atoms. The molecule has 5 heteroatoms. The van der Waals surface area contributed by atoms with E-state index in [1.54, 1.807) is 12.1 Å². The van der Waals surface area contributed by atoms with Gasteiger partial charge >= 0.3 is 0 Å². The van der Waals surface area contributed by atoms with Crippen molar-refractivity contribution in [1.29, 1.82) is 0 Å². The first-order chi connectivity index (χ1) is 13.2. The van der Waals surface area contributed by atoms with E-state index in [0.717, 1.165) is 56.8 Å². The summed E-state index contributed by atoms with van der Waals surface area (Å²) in [6.07, 6.45) is 6.97. The number of ether oxygens (including phenoxy) is 1. The van der Waals surface area contributed by atoms with E-state index in [-0.39, 0.29) is 5.82 Å². The van der Waals surface area contributed by atoms with Crippen LogP contribution in [-0.4, -0.2) is 43.4 Å². The third-order valence-electron chi connectivity index (χ3n) is 5.89. The first-order valence-electron chi connectivity index (χ1n) is 9.93. The average molecular weight is 369 g/mol. The number of benzene rings is 1. The van der Waals surface area contributed by atoms with Gasteiger partial charge in [0.2, 0.25) is 0 Å². The van der Waals surface area contributed by atoms with Gasteiger partial charge in [-0.05, 0) is 67.6 Å². The number of rotatable bonds is 5. The summed E-state index contributed by atoms with van der Waals surface area (Å²) in [7, 11) is 0. The Labute approximate surface area is 160 Å². The maximum atomic E-state index is 13.4. The highest BCUT2D eigenvalue weighted by molar-refractivity contribution is 5.53. The summed E-state index contributed by atoms with van der Waals surface area (Å²) in [6.45, 7) is 5.63. The van der Waals surface area contributed by atoms with Crippen LogP contribution >= 0.6 is 0 Å². The van der Waals surface area contributed by atoms with Gasteiger partial charge in [0, 0.05) is 49.2 Å². The normalized spacial score (nSPS) is 23.7. The quantitative estimate of drug-likeness (QED) is 0.877. The molecule has 2 saturated heterocycles. The highest BCUT2D eigenvalue weighted by Crippen LogP contribution is 2.26. The van der Waals surface area contributed by atoms with E-state index in [9.17, 15) is 4.39 Å². The second kappa shape index (κ2) is 8.36. The molecule has 1 aromatic carbocycles. The summed E-state index contributed by atoms with van der Waals surface area (Å²) in [5.41, 5.74) is 3.51. The molecule has 0 aliphatic carbocycles. The fraction of sp³-hybridized carbons (Fsp3) is 0.500. The third-order valence-corrected chi connectivity index (χ3v) is 5.89. The molecular weight excluding hydrogens is 341 g/mol. The second-order valence-corrected chi connectivity index (χ2v) is 7.82. The van der Waals surface area contributed by atoms with Crippen molar-refractivity contribution in [2.24, 2.45) is 5.92 Å². The molecule has 0 spiro atoms. The molecule has 2 fully saturated rings. The van der Waals surface area contributed by atoms with Gasteiger partial charge in [-0.3, -0.25) is 4.98 Å². The molecular formula is C22H28FN3O. The smallest absolute Gasteiger partial charge is 0.123 e. The van der Waals surface area contributed by atoms with E-state index in [4.69, 9.17) is 4.74 Å². The monoisotopic (exact) mass is 369 g/mol. The van der Waals surface area contributed by atoms with Gasteiger partial charge in [-0.2, -0.15) is 0 Å². The van der Waals surface area contributed by atoms with E-state index < -0.39 is 0 Å². The third kappa shape index (κ3) is 4.47. The Morgan fingerprint density at radius 1 is 1.15 bits per heavy atom. The van der Waals surface area contributed by atoms with Crippen molar-refractivity contribution >= 4 is 5.69 Å². The van der Waals surface area contributed by atoms with Crippen molar-refractivity contribution in [2.75, 3.05) is 31.2 Å². The van der Waals surface area contributed by atoms with Gasteiger partial charge in [-0.25, -0.2) is 4.39 Å². The number of aromatic nitrogens is 1. The van der Waals surface area contributed by atoms with Gasteiger partial charge in [0.25, 0.3) is 0 Å². The summed E-state index contributed by atoms with van der Waals surface area (Å²) < 4.78 is 19.1. The Bertz CT molecular complexity index is 746. The molecule has 0 bridgehead atoms. The van der Waals surface area contributed by atoms with Gasteiger partial charge in [0.1, 0.15) is 5.82 Å². The highest BCUT2D eigenvalue weighted by Gasteiger charge is 2.31. The Morgan fingerprint density at radius 3 is 2.67 bits per heavy atom. The van der Waals surface area contributed by atoms with Gasteiger partial charge in [0.15, 0.2) is 0 Å². The number of nitrogens with one attached hydrogen (secondary N) is 1. The van der Waals surface area contributed by atoms with E-state index in [2.05, 4.69) is 27.3 Å². The van der Waals surface area contributed by atoms with Gasteiger partial charge < -0.3 is 15.0 Å². The SMILES string of the molecule is Cc1cc(F)ccc1N1CCC(N[C@@H]2COC[C@H]2Cc2ccncc2)CC1. The molecule has 0 amide bonds. The van der Waals surface area contributed by atoms with Crippen molar-refractivity contribution in [1.82, 2.24) is 10.3 Å². The molecule has 2 aliphatic rings. The number of nitrogens with zero attached hydrogens (tertiary/aromatic N) is 2. The molecule has 2 aliphatic heterocycles. The maximum absolute atomic E-state index is 13.4. The van der Waals surface area contributed by atoms with Crippen molar-refractivity contribution in [3.63, 3.8) is 0 Å². The summed E-state index contributed by atoms with van der Waals surface area (Å²) in [4.78, 5) is 6.48. The molecule has 0 saturated carbocycles. The molecule has 3 heterocycles. The summed E-state index contributed by atoms with van der Waals surface area (Å²) >= 11 is 0. The Hall–Kier alpha value is -1.98. The first-order valence-corrected chi connectivity index (χ1v) is 9.93. The molecule has 4 nitrogen and oxygen atoms in total. The number of hydrogen-bond acceptors (Lipinski definition) is 4. The Kier molecular flexibility index (Phi) is 5.69. The molecule has 144 valence electrons. The average Bonchev–Trinajstić information content (AvgIpc) is 3.10. The lowest BCUT2D eigenvalue weighted by atomic mass is 9.93. The van der Waals surface area contributed by atoms with Crippen LogP contribution in [-0.2, 0) is 11.2 Å². The lowest BCUT2D eigenvalue weighted by Crippen LogP contribution is -2.48. The van der Waals surface area contributed by atoms with Crippen LogP contribution in [0.15, 0.2) is 42.7 Å². The fourth-order valence-electron chi connectivity index (χ4n) is 4.37. The van der Waals surface area contributed by atoms with Crippen LogP contribution in [0.1, 0.15) is 24.0 Å². The lowest BCUT2D eigenvalue weighted by molar-refractivity contribution is 0.181. The first kappa shape index (κ1) is 18.4. The standard InChI is InChI=1S/C22H28FN3O/c1-16-12-19(23)2-3-22(16)26-10-6-20(7-11-26)25-21-15-27-14-18(21)13-17-4-8-24-9-5-17/h2-5,8-9,12,18,20-21,25H,6-7,10-11,13-15H2,1H3/t18-,21-/m1/s1. The fourth-order valence-corrected chi connectivity index (χ4v) is 4.37. The molecule has 2 atom stereocenters. The maximum Gasteiger partial charge on any atom is 0.123 e. The number of halogens is 1. The number of aryl methyl sites for hydroxylation is 1. The number of anilines is 1. The van der Waals surface area contributed by atoms with E-state index in [1.807, 2.05) is 25.4 Å². The van der Waals surface area contributed by atoms with Crippen LogP contribution in [0.4, 0.5) is 10.1 Å². The summed E-state index contributed by atoms with van der Waals surface area (Å²) in [5.74, 6) is 0.360. The number of pyridine rings is 1. The molecule has 0 radical (unpaired) electrons. The lowest BCUT2D eigenvalue weighted by Gasteiger charge is -2.36. The molecule has 4 rings (SSSR count). The van der Waals surface area contributed by atoms with Gasteiger partial charge in [-0.15, -0.1) is 0 Å². The van der Waals surface area contributed by atoms with Crippen LogP contribution in [0.5, 0.6) is 0 Å². The minimum Gasteiger partial charge on any atom is -0.379 e. The van der Waals surface area contributed by atoms with Crippen molar-refractivity contribution in [3.05, 3.63) is 59.7 Å². The van der Waals surface area contributed by atoms with Crippen LogP contribution in [0.3, 0.4) is 0 Å². The zero-order chi connectivity index (χ0) is 18.6. The van der Waals surface area contributed by atoms with Crippen molar-refractivity contribution in [2.45, 2.75) is 38.3 Å². The van der Waals surface area contributed by atoms with E-state index >= 15 is 0 Å². The summed E-state index contributed by atoms with van der Waals surface area (Å²) in [5, 5.41) is 3.86. The predicted octanol–water partition coefficient (Wildman–Crippen LogP) is 3.35. The topological polar surface area (TPSA) is 37.4 Å². The van der Waals surface area contributed by atoms with Crippen LogP contribution in [0, 0.1) is 18.7 Å². The molecule has 1 N–H and O–H groups in total. The minimum atomic E-state index is -0.158. The minimum absolute atomic E-state index is 0.158. The largest absolute Gasteiger partial charge is 0.379 e. The van der Waals surface area contributed by atoms with Gasteiger partial charge in [-0.1, -0.05) is 0 Å². The van der Waals surface area contributed by atoms with Crippen LogP contribution in [0.25, 0.3) is 0 Å². The van der Waals surface area contributed by atoms with E-state index in [1.165, 1.54) is 5.56 Å². The van der Waals surface area contributed by atoms with Crippen molar-refractivity contribution < 1.29 is 9.13 Å².